The lowest BCUT2D eigenvalue weighted by Crippen LogP contribution is -2.50. The van der Waals surface area contributed by atoms with Gasteiger partial charge in [0.1, 0.15) is 17.9 Å². The van der Waals surface area contributed by atoms with Crippen LogP contribution in [-0.4, -0.2) is 53.9 Å². The third-order valence-corrected chi connectivity index (χ3v) is 6.93. The first-order valence-electron chi connectivity index (χ1n) is 13.9. The van der Waals surface area contributed by atoms with E-state index in [1.807, 2.05) is 72.8 Å². The number of ether oxygens (including phenoxy) is 4. The maximum Gasteiger partial charge on any atom is 0.416 e. The highest BCUT2D eigenvalue weighted by molar-refractivity contribution is 5.88. The average molecular weight is 555 g/mol. The minimum Gasteiger partial charge on any atom is -0.456 e. The molecule has 212 valence electrons. The molecular formula is C33H34N2O6. The monoisotopic (exact) mass is 554 g/mol. The number of carbonyl (C=O) groups excluding carboxylic acids is 2. The molecule has 2 heterocycles. The van der Waals surface area contributed by atoms with E-state index in [2.05, 4.69) is 4.98 Å². The van der Waals surface area contributed by atoms with Crippen molar-refractivity contribution >= 4 is 23.0 Å². The molecule has 0 saturated carbocycles. The largest absolute Gasteiger partial charge is 0.456 e. The average Bonchev–Trinajstić information content (AvgIpc) is 3.02. The molecule has 1 fully saturated rings. The van der Waals surface area contributed by atoms with Gasteiger partial charge in [0.2, 0.25) is 0 Å². The summed E-state index contributed by atoms with van der Waals surface area (Å²) in [5, 5.41) is 0.727. The standard InChI is InChI=1S/C33H34N2O6/c36-32(30-17-7-8-20-35(30)33(37)41-31-18-9-16-29-28(31)15-10-19-34-29)40-27(23-38-21-25-11-3-1-4-12-25)24-39-22-26-13-5-2-6-14-26/h1-6,9-16,18-19,27,30H,7-8,17,20-24H2. The summed E-state index contributed by atoms with van der Waals surface area (Å²) >= 11 is 0. The first kappa shape index (κ1) is 28.3. The summed E-state index contributed by atoms with van der Waals surface area (Å²) in [6.07, 6.45) is 2.54. The molecule has 1 unspecified atom stereocenters. The van der Waals surface area contributed by atoms with Crippen molar-refractivity contribution < 1.29 is 28.5 Å². The van der Waals surface area contributed by atoms with E-state index in [0.717, 1.165) is 34.9 Å². The molecule has 8 nitrogen and oxygen atoms in total. The minimum absolute atomic E-state index is 0.162. The molecule has 3 aromatic carbocycles. The summed E-state index contributed by atoms with van der Waals surface area (Å²) in [6.45, 7) is 1.50. The molecule has 8 heteroatoms. The number of likely N-dealkylation sites (tertiary alicyclic amines) is 1. The lowest BCUT2D eigenvalue weighted by Gasteiger charge is -2.34. The number of benzene rings is 3. The quantitative estimate of drug-likeness (QED) is 0.212. The van der Waals surface area contributed by atoms with Crippen LogP contribution in [-0.2, 0) is 32.2 Å². The SMILES string of the molecule is O=C(OC(COCc1ccccc1)COCc1ccccc1)C1CCCCN1C(=O)Oc1cccc2ncccc12. The van der Waals surface area contributed by atoms with Crippen LogP contribution in [0.3, 0.4) is 0 Å². The molecule has 1 aromatic heterocycles. The molecule has 41 heavy (non-hydrogen) atoms. The van der Waals surface area contributed by atoms with Gasteiger partial charge in [-0.1, -0.05) is 66.7 Å². The van der Waals surface area contributed by atoms with E-state index in [9.17, 15) is 9.59 Å². The van der Waals surface area contributed by atoms with Gasteiger partial charge in [0.25, 0.3) is 0 Å². The van der Waals surface area contributed by atoms with Crippen molar-refractivity contribution in [2.75, 3.05) is 19.8 Å². The van der Waals surface area contributed by atoms with E-state index in [4.69, 9.17) is 18.9 Å². The van der Waals surface area contributed by atoms with Crippen LogP contribution in [0.5, 0.6) is 5.75 Å². The second-order valence-corrected chi connectivity index (χ2v) is 9.96. The van der Waals surface area contributed by atoms with Gasteiger partial charge < -0.3 is 18.9 Å². The van der Waals surface area contributed by atoms with Crippen molar-refractivity contribution in [3.05, 3.63) is 108 Å². The van der Waals surface area contributed by atoms with Crippen LogP contribution in [0, 0.1) is 0 Å². The van der Waals surface area contributed by atoms with Gasteiger partial charge in [-0.15, -0.1) is 0 Å². The highest BCUT2D eigenvalue weighted by Gasteiger charge is 2.36. The van der Waals surface area contributed by atoms with Crippen molar-refractivity contribution in [2.24, 2.45) is 0 Å². The Labute approximate surface area is 239 Å². The van der Waals surface area contributed by atoms with Crippen LogP contribution in [0.25, 0.3) is 10.9 Å². The second-order valence-electron chi connectivity index (χ2n) is 9.96. The molecule has 1 aliphatic heterocycles. The van der Waals surface area contributed by atoms with Crippen LogP contribution in [0.15, 0.2) is 97.2 Å². The molecule has 0 N–H and O–H groups in total. The molecule has 0 spiro atoms. The van der Waals surface area contributed by atoms with Crippen LogP contribution >= 0.6 is 0 Å². The van der Waals surface area contributed by atoms with Gasteiger partial charge in [-0.3, -0.25) is 9.88 Å². The maximum absolute atomic E-state index is 13.5. The number of fused-ring (bicyclic) bond motifs is 1. The molecule has 5 rings (SSSR count). The fourth-order valence-corrected chi connectivity index (χ4v) is 4.84. The van der Waals surface area contributed by atoms with Crippen LogP contribution in [0.4, 0.5) is 4.79 Å². The summed E-state index contributed by atoms with van der Waals surface area (Å²) in [5.74, 6) is -0.0855. The molecule has 0 bridgehead atoms. The summed E-state index contributed by atoms with van der Waals surface area (Å²) in [6, 6.07) is 27.9. The number of hydrogen-bond acceptors (Lipinski definition) is 7. The molecule has 1 aliphatic rings. The Kier molecular flexibility index (Phi) is 9.92. The van der Waals surface area contributed by atoms with Gasteiger partial charge >= 0.3 is 12.1 Å². The highest BCUT2D eigenvalue weighted by atomic mass is 16.6. The summed E-state index contributed by atoms with van der Waals surface area (Å²) in [7, 11) is 0. The number of rotatable bonds is 11. The van der Waals surface area contributed by atoms with E-state index in [0.29, 0.717) is 31.9 Å². The topological polar surface area (TPSA) is 87.2 Å². The number of esters is 1. The molecule has 1 saturated heterocycles. The molecule has 1 amide bonds. The normalized spacial score (nSPS) is 15.1. The fourth-order valence-electron chi connectivity index (χ4n) is 4.84. The Morgan fingerprint density at radius 1 is 0.805 bits per heavy atom. The van der Waals surface area contributed by atoms with Gasteiger partial charge in [-0.05, 0) is 54.7 Å². The van der Waals surface area contributed by atoms with E-state index in [1.165, 1.54) is 4.90 Å². The van der Waals surface area contributed by atoms with Gasteiger partial charge in [0, 0.05) is 18.1 Å². The second kappa shape index (κ2) is 14.4. The summed E-state index contributed by atoms with van der Waals surface area (Å²) in [5.41, 5.74) is 2.77. The Bertz CT molecular complexity index is 1360. The van der Waals surface area contributed by atoms with Crippen LogP contribution in [0.1, 0.15) is 30.4 Å². The lowest BCUT2D eigenvalue weighted by molar-refractivity contribution is -0.163. The van der Waals surface area contributed by atoms with Gasteiger partial charge in [-0.25, -0.2) is 9.59 Å². The number of amides is 1. The molecular weight excluding hydrogens is 520 g/mol. The van der Waals surface area contributed by atoms with E-state index in [1.54, 1.807) is 24.4 Å². The molecule has 4 aromatic rings. The predicted octanol–water partition coefficient (Wildman–Crippen LogP) is 5.93. The van der Waals surface area contributed by atoms with Crippen molar-refractivity contribution in [3.8, 4) is 5.75 Å². The zero-order chi connectivity index (χ0) is 28.3. The molecule has 1 atom stereocenters. The summed E-state index contributed by atoms with van der Waals surface area (Å²) < 4.78 is 23.5. The van der Waals surface area contributed by atoms with Crippen LogP contribution in [0.2, 0.25) is 0 Å². The predicted molar refractivity (Wildman–Crippen MR) is 154 cm³/mol. The minimum atomic E-state index is -0.755. The van der Waals surface area contributed by atoms with E-state index < -0.39 is 24.2 Å². The van der Waals surface area contributed by atoms with Gasteiger partial charge in [0.05, 0.1) is 31.9 Å². The number of nitrogens with zero attached hydrogens (tertiary/aromatic N) is 2. The number of hydrogen-bond donors (Lipinski definition) is 0. The number of carbonyl (C=O) groups is 2. The van der Waals surface area contributed by atoms with Gasteiger partial charge in [0.15, 0.2) is 0 Å². The van der Waals surface area contributed by atoms with Crippen molar-refractivity contribution in [3.63, 3.8) is 0 Å². The molecule has 0 aliphatic carbocycles. The van der Waals surface area contributed by atoms with E-state index >= 15 is 0 Å². The Balaban J connectivity index is 1.23. The Hall–Kier alpha value is -4.27. The lowest BCUT2D eigenvalue weighted by atomic mass is 10.0. The van der Waals surface area contributed by atoms with E-state index in [-0.39, 0.29) is 13.2 Å². The number of pyridine rings is 1. The Morgan fingerprint density at radius 3 is 2.17 bits per heavy atom. The molecule has 0 radical (unpaired) electrons. The van der Waals surface area contributed by atoms with Gasteiger partial charge in [-0.2, -0.15) is 0 Å². The zero-order valence-electron chi connectivity index (χ0n) is 22.9. The smallest absolute Gasteiger partial charge is 0.416 e. The fraction of sp³-hybridized carbons (Fsp3) is 0.303. The number of piperidine rings is 1. The van der Waals surface area contributed by atoms with Crippen LogP contribution < -0.4 is 4.74 Å². The zero-order valence-corrected chi connectivity index (χ0v) is 22.9. The first-order valence-corrected chi connectivity index (χ1v) is 13.9. The Morgan fingerprint density at radius 2 is 1.49 bits per heavy atom. The first-order chi connectivity index (χ1) is 20.2. The van der Waals surface area contributed by atoms with Crippen molar-refractivity contribution in [1.82, 2.24) is 9.88 Å². The van der Waals surface area contributed by atoms with Crippen molar-refractivity contribution in [1.29, 1.82) is 0 Å². The highest BCUT2D eigenvalue weighted by Crippen LogP contribution is 2.26. The maximum atomic E-state index is 13.5. The third-order valence-electron chi connectivity index (χ3n) is 6.93. The summed E-state index contributed by atoms with van der Waals surface area (Å²) in [4.78, 5) is 32.5. The van der Waals surface area contributed by atoms with Crippen molar-refractivity contribution in [2.45, 2.75) is 44.6 Å². The number of aromatic nitrogens is 1. The third kappa shape index (κ3) is 7.90.